The number of halogens is 2. The maximum atomic E-state index is 6.37. The molecule has 0 fully saturated rings. The summed E-state index contributed by atoms with van der Waals surface area (Å²) in [7, 11) is 4.15. The number of hydrogen-bond acceptors (Lipinski definition) is 3. The van der Waals surface area contributed by atoms with Gasteiger partial charge in [0.25, 0.3) is 0 Å². The van der Waals surface area contributed by atoms with Gasteiger partial charge in [-0.3, -0.25) is 4.90 Å². The normalized spacial score (nSPS) is 13.4. The van der Waals surface area contributed by atoms with Gasteiger partial charge in [0.2, 0.25) is 0 Å². The predicted octanol–water partition coefficient (Wildman–Crippen LogP) is 3.51. The molecule has 0 radical (unpaired) electrons. The molecule has 1 atom stereocenters. The molecular weight excluding hydrogens is 305 g/mol. The van der Waals surface area contributed by atoms with Crippen LogP contribution in [0.25, 0.3) is 0 Å². The number of rotatable bonds is 8. The third-order valence-corrected chi connectivity index (χ3v) is 4.09. The Morgan fingerprint density at radius 2 is 1.67 bits per heavy atom. The Morgan fingerprint density at radius 1 is 1.10 bits per heavy atom. The van der Waals surface area contributed by atoms with E-state index in [1.54, 1.807) is 0 Å². The van der Waals surface area contributed by atoms with Crippen LogP contribution in [0.5, 0.6) is 0 Å². The number of nitrogens with two attached hydrogens (primary N) is 1. The van der Waals surface area contributed by atoms with Gasteiger partial charge in [-0.15, -0.1) is 0 Å². The van der Waals surface area contributed by atoms with Crippen LogP contribution in [0.4, 0.5) is 0 Å². The van der Waals surface area contributed by atoms with Crippen molar-refractivity contribution in [2.75, 3.05) is 40.3 Å². The smallest absolute Gasteiger partial charge is 0.0500 e. The Balaban J connectivity index is 3.05. The first-order chi connectivity index (χ1) is 9.86. The van der Waals surface area contributed by atoms with Crippen LogP contribution in [0.3, 0.4) is 0 Å². The van der Waals surface area contributed by atoms with Gasteiger partial charge in [0.1, 0.15) is 0 Å². The van der Waals surface area contributed by atoms with E-state index >= 15 is 0 Å². The van der Waals surface area contributed by atoms with Crippen molar-refractivity contribution in [3.05, 3.63) is 33.8 Å². The average molecular weight is 332 g/mol. The summed E-state index contributed by atoms with van der Waals surface area (Å²) < 4.78 is 0. The zero-order valence-corrected chi connectivity index (χ0v) is 15.0. The van der Waals surface area contributed by atoms with Gasteiger partial charge < -0.3 is 10.6 Å². The molecule has 2 N–H and O–H groups in total. The lowest BCUT2D eigenvalue weighted by Gasteiger charge is -2.34. The number of nitrogens with zero attached hydrogens (tertiary/aromatic N) is 2. The molecule has 120 valence electrons. The fourth-order valence-electron chi connectivity index (χ4n) is 2.45. The predicted molar refractivity (Wildman–Crippen MR) is 93.2 cm³/mol. The van der Waals surface area contributed by atoms with E-state index in [4.69, 9.17) is 28.9 Å². The van der Waals surface area contributed by atoms with Crippen molar-refractivity contribution in [1.29, 1.82) is 0 Å². The first kappa shape index (κ1) is 18.7. The third kappa shape index (κ3) is 5.76. The van der Waals surface area contributed by atoms with Crippen molar-refractivity contribution in [2.45, 2.75) is 19.9 Å². The quantitative estimate of drug-likeness (QED) is 0.791. The van der Waals surface area contributed by atoms with E-state index in [1.165, 1.54) is 0 Å². The van der Waals surface area contributed by atoms with Gasteiger partial charge in [-0.25, -0.2) is 0 Å². The van der Waals surface area contributed by atoms with E-state index < -0.39 is 0 Å². The van der Waals surface area contributed by atoms with Crippen LogP contribution in [0, 0.1) is 5.92 Å². The molecule has 3 nitrogen and oxygen atoms in total. The second-order valence-electron chi connectivity index (χ2n) is 6.08. The van der Waals surface area contributed by atoms with Crippen molar-refractivity contribution < 1.29 is 0 Å². The minimum absolute atomic E-state index is 0.0496. The van der Waals surface area contributed by atoms with E-state index in [9.17, 15) is 0 Å². The molecule has 5 heteroatoms. The molecule has 0 bridgehead atoms. The van der Waals surface area contributed by atoms with Crippen LogP contribution in [0.2, 0.25) is 10.0 Å². The standard InChI is InChI=1S/C16H27Cl2N3/c1-12(2)11-21(9-8-20(3)4)15(10-19)16-13(17)6-5-7-14(16)18/h5-7,12,15H,8-11,19H2,1-4H3. The van der Waals surface area contributed by atoms with Crippen molar-refractivity contribution in [3.63, 3.8) is 0 Å². The first-order valence-corrected chi connectivity index (χ1v) is 8.15. The molecule has 0 spiro atoms. The molecule has 0 aliphatic rings. The lowest BCUT2D eigenvalue weighted by Crippen LogP contribution is -2.40. The van der Waals surface area contributed by atoms with Crippen molar-refractivity contribution >= 4 is 23.2 Å². The molecule has 1 unspecified atom stereocenters. The van der Waals surface area contributed by atoms with Gasteiger partial charge in [-0.05, 0) is 32.1 Å². The highest BCUT2D eigenvalue weighted by Crippen LogP contribution is 2.33. The summed E-state index contributed by atoms with van der Waals surface area (Å²) in [6.45, 7) is 7.82. The Labute approximate surface area is 139 Å². The summed E-state index contributed by atoms with van der Waals surface area (Å²) in [5, 5.41) is 1.38. The largest absolute Gasteiger partial charge is 0.329 e. The summed E-state index contributed by atoms with van der Waals surface area (Å²) in [6, 6.07) is 5.68. The fourth-order valence-corrected chi connectivity index (χ4v) is 3.10. The molecular formula is C16H27Cl2N3. The molecule has 1 aromatic rings. The summed E-state index contributed by atoms with van der Waals surface area (Å²) in [5.41, 5.74) is 7.00. The first-order valence-electron chi connectivity index (χ1n) is 7.39. The van der Waals surface area contributed by atoms with E-state index in [1.807, 2.05) is 18.2 Å². The maximum Gasteiger partial charge on any atom is 0.0500 e. The molecule has 0 saturated heterocycles. The molecule has 0 aliphatic heterocycles. The highest BCUT2D eigenvalue weighted by molar-refractivity contribution is 6.36. The fraction of sp³-hybridized carbons (Fsp3) is 0.625. The molecule has 0 aromatic heterocycles. The lowest BCUT2D eigenvalue weighted by atomic mass is 10.0. The van der Waals surface area contributed by atoms with Crippen molar-refractivity contribution in [2.24, 2.45) is 11.7 Å². The maximum absolute atomic E-state index is 6.37. The highest BCUT2D eigenvalue weighted by atomic mass is 35.5. The summed E-state index contributed by atoms with van der Waals surface area (Å²) in [5.74, 6) is 0.558. The van der Waals surface area contributed by atoms with Crippen molar-refractivity contribution in [3.8, 4) is 0 Å². The zero-order valence-electron chi connectivity index (χ0n) is 13.4. The minimum Gasteiger partial charge on any atom is -0.329 e. The minimum atomic E-state index is 0.0496. The highest BCUT2D eigenvalue weighted by Gasteiger charge is 2.24. The summed E-state index contributed by atoms with van der Waals surface area (Å²) in [6.07, 6.45) is 0. The SMILES string of the molecule is CC(C)CN(CCN(C)C)C(CN)c1c(Cl)cccc1Cl. The van der Waals surface area contributed by atoms with Gasteiger partial charge in [0.15, 0.2) is 0 Å². The van der Waals surface area contributed by atoms with Gasteiger partial charge in [-0.1, -0.05) is 43.1 Å². The molecule has 0 aliphatic carbocycles. The van der Waals surface area contributed by atoms with Crippen LogP contribution >= 0.6 is 23.2 Å². The van der Waals surface area contributed by atoms with E-state index in [-0.39, 0.29) is 6.04 Å². The Bertz CT molecular complexity index is 415. The second-order valence-corrected chi connectivity index (χ2v) is 6.89. The number of benzene rings is 1. The van der Waals surface area contributed by atoms with Crippen LogP contribution < -0.4 is 5.73 Å². The lowest BCUT2D eigenvalue weighted by molar-refractivity contribution is 0.164. The van der Waals surface area contributed by atoms with E-state index in [0.717, 1.165) is 25.2 Å². The van der Waals surface area contributed by atoms with Gasteiger partial charge in [0.05, 0.1) is 6.04 Å². The van der Waals surface area contributed by atoms with Crippen LogP contribution in [-0.4, -0.2) is 50.1 Å². The van der Waals surface area contributed by atoms with Crippen molar-refractivity contribution in [1.82, 2.24) is 9.80 Å². The third-order valence-electron chi connectivity index (χ3n) is 3.43. The number of hydrogen-bond donors (Lipinski definition) is 1. The number of likely N-dealkylation sites (N-methyl/N-ethyl adjacent to an activating group) is 1. The van der Waals surface area contributed by atoms with Gasteiger partial charge >= 0.3 is 0 Å². The topological polar surface area (TPSA) is 32.5 Å². The van der Waals surface area contributed by atoms with Crippen LogP contribution in [0.1, 0.15) is 25.5 Å². The monoisotopic (exact) mass is 331 g/mol. The molecule has 1 rings (SSSR count). The summed E-state index contributed by atoms with van der Waals surface area (Å²) >= 11 is 12.7. The molecule has 1 aromatic carbocycles. The van der Waals surface area contributed by atoms with Crippen LogP contribution in [-0.2, 0) is 0 Å². The van der Waals surface area contributed by atoms with Gasteiger partial charge in [0, 0.05) is 41.8 Å². The van der Waals surface area contributed by atoms with Gasteiger partial charge in [-0.2, -0.15) is 0 Å². The summed E-state index contributed by atoms with van der Waals surface area (Å²) in [4.78, 5) is 4.56. The molecule has 0 amide bonds. The van der Waals surface area contributed by atoms with Crippen LogP contribution in [0.15, 0.2) is 18.2 Å². The molecule has 0 heterocycles. The Morgan fingerprint density at radius 3 is 2.10 bits per heavy atom. The Hall–Kier alpha value is -0.320. The van der Waals surface area contributed by atoms with E-state index in [2.05, 4.69) is 37.7 Å². The second kappa shape index (κ2) is 8.96. The Kier molecular flexibility index (Phi) is 7.99. The molecule has 21 heavy (non-hydrogen) atoms. The molecule has 0 saturated carbocycles. The zero-order chi connectivity index (χ0) is 16.0. The average Bonchev–Trinajstić information content (AvgIpc) is 2.39. The van der Waals surface area contributed by atoms with E-state index in [0.29, 0.717) is 22.5 Å².